The summed E-state index contributed by atoms with van der Waals surface area (Å²) in [6, 6.07) is 15.4. The van der Waals surface area contributed by atoms with Gasteiger partial charge >= 0.3 is 0 Å². The largest absolute Gasteiger partial charge is 0.497 e. The Morgan fingerprint density at radius 1 is 1.10 bits per heavy atom. The lowest BCUT2D eigenvalue weighted by Gasteiger charge is -2.34. The normalized spacial score (nSPS) is 16.3. The van der Waals surface area contributed by atoms with E-state index in [2.05, 4.69) is 45.3 Å². The Morgan fingerprint density at radius 3 is 2.67 bits per heavy atom. The third-order valence-electron chi connectivity index (χ3n) is 7.32. The Balaban J connectivity index is 1.55. The molecule has 0 radical (unpaired) electrons. The second kappa shape index (κ2) is 12.0. The van der Waals surface area contributed by atoms with Gasteiger partial charge in [-0.25, -0.2) is 4.68 Å². The lowest BCUT2D eigenvalue weighted by molar-refractivity contribution is 0.0849. The van der Waals surface area contributed by atoms with Crippen molar-refractivity contribution >= 4 is 10.9 Å². The molecular formula is C29H36N6O4. The van der Waals surface area contributed by atoms with Gasteiger partial charge in [0, 0.05) is 36.9 Å². The summed E-state index contributed by atoms with van der Waals surface area (Å²) in [5.41, 5.74) is 2.28. The highest BCUT2D eigenvalue weighted by Gasteiger charge is 2.31. The number of ether oxygens (including phenoxy) is 3. The van der Waals surface area contributed by atoms with E-state index in [9.17, 15) is 4.79 Å². The number of benzene rings is 2. The van der Waals surface area contributed by atoms with Crippen LogP contribution in [0.15, 0.2) is 53.3 Å². The van der Waals surface area contributed by atoms with E-state index in [0.29, 0.717) is 30.9 Å². The van der Waals surface area contributed by atoms with E-state index in [1.165, 1.54) is 0 Å². The summed E-state index contributed by atoms with van der Waals surface area (Å²) < 4.78 is 18.7. The maximum atomic E-state index is 13.3. The topological polar surface area (TPSA) is 107 Å². The first kappa shape index (κ1) is 26.8. The van der Waals surface area contributed by atoms with Gasteiger partial charge in [0.15, 0.2) is 5.82 Å². The van der Waals surface area contributed by atoms with Gasteiger partial charge in [0.2, 0.25) is 0 Å². The van der Waals surface area contributed by atoms with Gasteiger partial charge in [0.1, 0.15) is 11.5 Å². The Morgan fingerprint density at radius 2 is 1.92 bits per heavy atom. The van der Waals surface area contributed by atoms with Gasteiger partial charge in [-0.05, 0) is 58.8 Å². The van der Waals surface area contributed by atoms with Crippen LogP contribution in [0.5, 0.6) is 11.5 Å². The zero-order chi connectivity index (χ0) is 27.4. The number of para-hydroxylation sites is 1. The lowest BCUT2D eigenvalue weighted by Crippen LogP contribution is -2.36. The number of fused-ring (bicyclic) bond motifs is 1. The Bertz CT molecular complexity index is 1460. The van der Waals surface area contributed by atoms with Gasteiger partial charge in [0.25, 0.3) is 5.56 Å². The fourth-order valence-corrected chi connectivity index (χ4v) is 5.41. The van der Waals surface area contributed by atoms with Crippen molar-refractivity contribution in [2.45, 2.75) is 58.5 Å². The van der Waals surface area contributed by atoms with Crippen LogP contribution in [0.25, 0.3) is 10.9 Å². The first-order valence-electron chi connectivity index (χ1n) is 13.4. The molecule has 0 bridgehead atoms. The van der Waals surface area contributed by atoms with Crippen LogP contribution in [-0.2, 0) is 24.4 Å². The molecule has 10 heteroatoms. The molecule has 0 amide bonds. The van der Waals surface area contributed by atoms with Gasteiger partial charge in [-0.1, -0.05) is 32.0 Å². The Labute approximate surface area is 227 Å². The number of nitrogens with zero attached hydrogens (tertiary/aromatic N) is 5. The first-order chi connectivity index (χ1) is 19.0. The zero-order valence-corrected chi connectivity index (χ0v) is 23.0. The van der Waals surface area contributed by atoms with E-state index in [-0.39, 0.29) is 23.6 Å². The molecule has 5 rings (SSSR count). The number of aromatic nitrogens is 5. The number of nitrogens with one attached hydrogen (secondary N) is 1. The molecule has 0 saturated carbocycles. The fourth-order valence-electron chi connectivity index (χ4n) is 5.41. The van der Waals surface area contributed by atoms with Crippen LogP contribution < -0.4 is 15.0 Å². The summed E-state index contributed by atoms with van der Waals surface area (Å²) in [5.74, 6) is 2.40. The molecule has 2 aromatic carbocycles. The van der Waals surface area contributed by atoms with Crippen molar-refractivity contribution in [1.82, 2.24) is 30.1 Å². The van der Waals surface area contributed by atoms with Crippen molar-refractivity contribution in [1.29, 1.82) is 0 Å². The number of tetrazole rings is 1. The number of H-pyrrole nitrogens is 1. The van der Waals surface area contributed by atoms with E-state index < -0.39 is 0 Å². The quantitative estimate of drug-likeness (QED) is 0.308. The molecule has 1 fully saturated rings. The molecule has 0 aliphatic carbocycles. The van der Waals surface area contributed by atoms with Gasteiger partial charge in [-0.2, -0.15) is 0 Å². The lowest BCUT2D eigenvalue weighted by atomic mass is 9.99. The highest BCUT2D eigenvalue weighted by molar-refractivity contribution is 5.80. The van der Waals surface area contributed by atoms with Crippen molar-refractivity contribution in [2.75, 3.05) is 20.8 Å². The summed E-state index contributed by atoms with van der Waals surface area (Å²) in [5, 5.41) is 13.8. The predicted molar refractivity (Wildman–Crippen MR) is 148 cm³/mol. The number of aromatic amines is 1. The minimum atomic E-state index is -0.169. The van der Waals surface area contributed by atoms with Gasteiger partial charge in [0.05, 0.1) is 38.4 Å². The summed E-state index contributed by atoms with van der Waals surface area (Å²) in [4.78, 5) is 18.6. The van der Waals surface area contributed by atoms with Gasteiger partial charge < -0.3 is 19.2 Å². The molecule has 0 spiro atoms. The molecule has 2 aromatic heterocycles. The van der Waals surface area contributed by atoms with E-state index >= 15 is 0 Å². The summed E-state index contributed by atoms with van der Waals surface area (Å²) in [6.45, 7) is 6.62. The SMILES string of the molecule is COc1ccc2cc(CN(Cc3ccccc3OC)[C@H](c3nnnn3C[C@H]3CCCO3)C(C)C)c(=O)[nH]c2c1. The molecular weight excluding hydrogens is 496 g/mol. The molecule has 2 atom stereocenters. The minimum Gasteiger partial charge on any atom is -0.497 e. The van der Waals surface area contributed by atoms with Crippen molar-refractivity contribution in [3.63, 3.8) is 0 Å². The van der Waals surface area contributed by atoms with Crippen molar-refractivity contribution < 1.29 is 14.2 Å². The molecule has 3 heterocycles. The third-order valence-corrected chi connectivity index (χ3v) is 7.32. The highest BCUT2D eigenvalue weighted by Crippen LogP contribution is 2.32. The second-order valence-corrected chi connectivity index (χ2v) is 10.3. The molecule has 206 valence electrons. The number of pyridine rings is 1. The van der Waals surface area contributed by atoms with Crippen molar-refractivity contribution in [3.8, 4) is 11.5 Å². The molecule has 1 aliphatic heterocycles. The van der Waals surface area contributed by atoms with Crippen LogP contribution >= 0.6 is 0 Å². The van der Waals surface area contributed by atoms with Crippen LogP contribution in [0.3, 0.4) is 0 Å². The fraction of sp³-hybridized carbons (Fsp3) is 0.448. The van der Waals surface area contributed by atoms with E-state index in [1.54, 1.807) is 14.2 Å². The van der Waals surface area contributed by atoms with Crippen LogP contribution in [0.1, 0.15) is 49.7 Å². The third kappa shape index (κ3) is 5.97. The van der Waals surface area contributed by atoms with Crippen molar-refractivity contribution in [2.24, 2.45) is 5.92 Å². The number of hydrogen-bond acceptors (Lipinski definition) is 8. The molecule has 1 aliphatic rings. The average Bonchev–Trinajstić information content (AvgIpc) is 3.62. The number of hydrogen-bond donors (Lipinski definition) is 1. The summed E-state index contributed by atoms with van der Waals surface area (Å²) in [6.07, 6.45) is 2.14. The zero-order valence-electron chi connectivity index (χ0n) is 23.0. The maximum absolute atomic E-state index is 13.3. The smallest absolute Gasteiger partial charge is 0.252 e. The van der Waals surface area contributed by atoms with Gasteiger partial charge in [-0.15, -0.1) is 5.10 Å². The van der Waals surface area contributed by atoms with Crippen LogP contribution in [0.2, 0.25) is 0 Å². The molecule has 1 saturated heterocycles. The Hall–Kier alpha value is -3.76. The predicted octanol–water partition coefficient (Wildman–Crippen LogP) is 4.11. The van der Waals surface area contributed by atoms with E-state index in [4.69, 9.17) is 14.2 Å². The van der Waals surface area contributed by atoms with Crippen LogP contribution in [-0.4, -0.2) is 57.0 Å². The summed E-state index contributed by atoms with van der Waals surface area (Å²) >= 11 is 0. The molecule has 39 heavy (non-hydrogen) atoms. The van der Waals surface area contributed by atoms with E-state index in [0.717, 1.165) is 47.5 Å². The first-order valence-corrected chi connectivity index (χ1v) is 13.4. The molecule has 4 aromatic rings. The number of methoxy groups -OCH3 is 2. The van der Waals surface area contributed by atoms with Crippen molar-refractivity contribution in [3.05, 3.63) is 75.8 Å². The standard InChI is InChI=1S/C29H36N6O4/c1-19(2)27(28-31-32-33-35(28)18-24-9-7-13-39-24)34(16-21-8-5-6-10-26(21)38-4)17-22-14-20-11-12-23(37-3)15-25(20)30-29(22)36/h5-6,8,10-12,14-15,19,24,27H,7,9,13,16-18H2,1-4H3,(H,30,36)/t24-,27+/m1/s1. The molecule has 10 nitrogen and oxygen atoms in total. The second-order valence-electron chi connectivity index (χ2n) is 10.3. The molecule has 0 unspecified atom stereocenters. The average molecular weight is 533 g/mol. The summed E-state index contributed by atoms with van der Waals surface area (Å²) in [7, 11) is 3.29. The molecule has 1 N–H and O–H groups in total. The number of rotatable bonds is 11. The monoisotopic (exact) mass is 532 g/mol. The Kier molecular flexibility index (Phi) is 8.23. The van der Waals surface area contributed by atoms with Crippen LogP contribution in [0, 0.1) is 5.92 Å². The van der Waals surface area contributed by atoms with Gasteiger partial charge in [-0.3, -0.25) is 9.69 Å². The van der Waals surface area contributed by atoms with Crippen LogP contribution in [0.4, 0.5) is 0 Å². The minimum absolute atomic E-state index is 0.100. The van der Waals surface area contributed by atoms with E-state index in [1.807, 2.05) is 47.1 Å². The maximum Gasteiger partial charge on any atom is 0.252 e. The highest BCUT2D eigenvalue weighted by atomic mass is 16.5.